The van der Waals surface area contributed by atoms with Crippen molar-refractivity contribution in [1.82, 2.24) is 4.57 Å². The predicted molar refractivity (Wildman–Crippen MR) is 72.9 cm³/mol. The van der Waals surface area contributed by atoms with E-state index in [9.17, 15) is 4.79 Å². The lowest BCUT2D eigenvalue weighted by molar-refractivity contribution is -0.116. The van der Waals surface area contributed by atoms with Crippen LogP contribution < -0.4 is 9.54 Å². The Hall–Kier alpha value is -1.62. The van der Waals surface area contributed by atoms with Crippen molar-refractivity contribution >= 4 is 27.5 Å². The highest BCUT2D eigenvalue weighted by atomic mass is 32.1. The van der Waals surface area contributed by atoms with Gasteiger partial charge in [0.2, 0.25) is 5.91 Å². The molecule has 0 radical (unpaired) electrons. The maximum Gasteiger partial charge on any atom is 0.245 e. The predicted octanol–water partition coefficient (Wildman–Crippen LogP) is 2.57. The number of fused-ring (bicyclic) bond motifs is 1. The summed E-state index contributed by atoms with van der Waals surface area (Å²) in [5, 5.41) is 0. The van der Waals surface area contributed by atoms with Gasteiger partial charge in [0, 0.05) is 13.5 Å². The third-order valence-corrected chi connectivity index (χ3v) is 3.63. The van der Waals surface area contributed by atoms with Gasteiger partial charge in [-0.25, -0.2) is 0 Å². The topological polar surface area (TPSA) is 43.6 Å². The SMILES string of the molecule is CCCn1c(=NC(C)=O)sc2cc(OC)ccc21. The number of methoxy groups -OCH3 is 1. The number of hydrogen-bond donors (Lipinski definition) is 0. The number of aryl methyl sites for hydroxylation is 1. The Labute approximate surface area is 110 Å². The number of rotatable bonds is 3. The molecular formula is C13H16N2O2S. The Bertz CT molecular complexity index is 640. The fraction of sp³-hybridized carbons (Fsp3) is 0.385. The summed E-state index contributed by atoms with van der Waals surface area (Å²) in [6.07, 6.45) is 1.00. The van der Waals surface area contributed by atoms with Gasteiger partial charge in [-0.2, -0.15) is 4.99 Å². The fourth-order valence-corrected chi connectivity index (χ4v) is 2.97. The molecular weight excluding hydrogens is 248 g/mol. The van der Waals surface area contributed by atoms with Crippen molar-refractivity contribution in [2.24, 2.45) is 4.99 Å². The largest absolute Gasteiger partial charge is 0.497 e. The molecule has 18 heavy (non-hydrogen) atoms. The Morgan fingerprint density at radius 1 is 1.50 bits per heavy atom. The van der Waals surface area contributed by atoms with Crippen LogP contribution >= 0.6 is 11.3 Å². The number of hydrogen-bond acceptors (Lipinski definition) is 3. The highest BCUT2D eigenvalue weighted by molar-refractivity contribution is 7.16. The van der Waals surface area contributed by atoms with Gasteiger partial charge in [0.25, 0.3) is 0 Å². The molecule has 2 rings (SSSR count). The lowest BCUT2D eigenvalue weighted by atomic mass is 10.3. The van der Waals surface area contributed by atoms with Crippen LogP contribution in [0, 0.1) is 0 Å². The summed E-state index contributed by atoms with van der Waals surface area (Å²) in [6.45, 7) is 4.44. The average Bonchev–Trinajstić information content (AvgIpc) is 2.66. The smallest absolute Gasteiger partial charge is 0.245 e. The number of carbonyl (C=O) groups excluding carboxylic acids is 1. The van der Waals surface area contributed by atoms with Crippen LogP contribution in [0.5, 0.6) is 5.75 Å². The maximum atomic E-state index is 11.2. The Morgan fingerprint density at radius 3 is 2.89 bits per heavy atom. The fourth-order valence-electron chi connectivity index (χ4n) is 1.84. The van der Waals surface area contributed by atoms with Gasteiger partial charge in [0.15, 0.2) is 4.80 Å². The number of ether oxygens (including phenoxy) is 1. The van der Waals surface area contributed by atoms with Crippen LogP contribution in [0.2, 0.25) is 0 Å². The zero-order valence-electron chi connectivity index (χ0n) is 10.8. The van der Waals surface area contributed by atoms with Crippen molar-refractivity contribution in [2.75, 3.05) is 7.11 Å². The van der Waals surface area contributed by atoms with Gasteiger partial charge in [0.1, 0.15) is 5.75 Å². The van der Waals surface area contributed by atoms with Gasteiger partial charge in [-0.15, -0.1) is 0 Å². The summed E-state index contributed by atoms with van der Waals surface area (Å²) in [5.74, 6) is 0.653. The second-order valence-corrected chi connectivity index (χ2v) is 5.01. The first-order valence-corrected chi connectivity index (χ1v) is 6.70. The van der Waals surface area contributed by atoms with Crippen LogP contribution in [0.4, 0.5) is 0 Å². The Kier molecular flexibility index (Phi) is 3.81. The molecule has 1 aromatic heterocycles. The second kappa shape index (κ2) is 5.35. The van der Waals surface area contributed by atoms with Gasteiger partial charge >= 0.3 is 0 Å². The van der Waals surface area contributed by atoms with Crippen LogP contribution in [0.15, 0.2) is 23.2 Å². The van der Waals surface area contributed by atoms with E-state index in [1.54, 1.807) is 7.11 Å². The third-order valence-electron chi connectivity index (χ3n) is 2.59. The lowest BCUT2D eigenvalue weighted by Gasteiger charge is -2.03. The van der Waals surface area contributed by atoms with E-state index in [2.05, 4.69) is 16.5 Å². The van der Waals surface area contributed by atoms with Crippen LogP contribution in [0.1, 0.15) is 20.3 Å². The molecule has 0 unspecified atom stereocenters. The molecule has 0 fully saturated rings. The molecule has 0 atom stereocenters. The molecule has 2 aromatic rings. The van der Waals surface area contributed by atoms with E-state index in [1.165, 1.54) is 18.3 Å². The molecule has 96 valence electrons. The molecule has 4 nitrogen and oxygen atoms in total. The lowest BCUT2D eigenvalue weighted by Crippen LogP contribution is -2.15. The quantitative estimate of drug-likeness (QED) is 0.855. The molecule has 1 aromatic carbocycles. The molecule has 0 bridgehead atoms. The molecule has 0 aliphatic carbocycles. The van der Waals surface area contributed by atoms with Gasteiger partial charge in [0.05, 0.1) is 17.3 Å². The van der Waals surface area contributed by atoms with Crippen molar-refractivity contribution in [1.29, 1.82) is 0 Å². The van der Waals surface area contributed by atoms with E-state index < -0.39 is 0 Å². The zero-order chi connectivity index (χ0) is 13.1. The monoisotopic (exact) mass is 264 g/mol. The van der Waals surface area contributed by atoms with Crippen LogP contribution in [-0.2, 0) is 11.3 Å². The third kappa shape index (κ3) is 2.46. The van der Waals surface area contributed by atoms with Crippen molar-refractivity contribution in [2.45, 2.75) is 26.8 Å². The normalized spacial score (nSPS) is 12.1. The second-order valence-electron chi connectivity index (χ2n) is 4.00. The molecule has 0 aliphatic rings. The number of amides is 1. The van der Waals surface area contributed by atoms with Crippen molar-refractivity contribution in [3.8, 4) is 5.75 Å². The van der Waals surface area contributed by atoms with E-state index >= 15 is 0 Å². The van der Waals surface area contributed by atoms with Crippen LogP contribution in [-0.4, -0.2) is 17.6 Å². The van der Waals surface area contributed by atoms with Gasteiger partial charge < -0.3 is 9.30 Å². The van der Waals surface area contributed by atoms with Gasteiger partial charge in [-0.3, -0.25) is 4.79 Å². The minimum Gasteiger partial charge on any atom is -0.497 e. The molecule has 0 aliphatic heterocycles. The molecule has 1 heterocycles. The summed E-state index contributed by atoms with van der Waals surface area (Å²) in [7, 11) is 1.65. The van der Waals surface area contributed by atoms with E-state index in [4.69, 9.17) is 4.74 Å². The summed E-state index contributed by atoms with van der Waals surface area (Å²) < 4.78 is 8.38. The number of nitrogens with zero attached hydrogens (tertiary/aromatic N) is 2. The van der Waals surface area contributed by atoms with Gasteiger partial charge in [-0.1, -0.05) is 18.3 Å². The molecule has 0 saturated carbocycles. The highest BCUT2D eigenvalue weighted by Gasteiger charge is 2.07. The number of carbonyl (C=O) groups is 1. The first-order valence-electron chi connectivity index (χ1n) is 5.88. The van der Waals surface area contributed by atoms with Crippen molar-refractivity contribution in [3.63, 3.8) is 0 Å². The highest BCUT2D eigenvalue weighted by Crippen LogP contribution is 2.23. The maximum absolute atomic E-state index is 11.2. The molecule has 5 heteroatoms. The number of aromatic nitrogens is 1. The summed E-state index contributed by atoms with van der Waals surface area (Å²) in [5.41, 5.74) is 1.10. The summed E-state index contributed by atoms with van der Waals surface area (Å²) in [6, 6.07) is 5.92. The molecule has 1 amide bonds. The van der Waals surface area contributed by atoms with Crippen molar-refractivity contribution in [3.05, 3.63) is 23.0 Å². The van der Waals surface area contributed by atoms with Crippen LogP contribution in [0.25, 0.3) is 10.2 Å². The van der Waals surface area contributed by atoms with Crippen molar-refractivity contribution < 1.29 is 9.53 Å². The first kappa shape index (κ1) is 12.8. The number of thiazole rings is 1. The van der Waals surface area contributed by atoms with E-state index in [-0.39, 0.29) is 5.91 Å². The zero-order valence-corrected chi connectivity index (χ0v) is 11.6. The molecule has 0 N–H and O–H groups in total. The number of benzene rings is 1. The standard InChI is InChI=1S/C13H16N2O2S/c1-4-7-15-11-6-5-10(17-3)8-12(11)18-13(15)14-9(2)16/h5-6,8H,4,7H2,1-3H3. The minimum atomic E-state index is -0.168. The summed E-state index contributed by atoms with van der Waals surface area (Å²) in [4.78, 5) is 16.0. The molecule has 0 saturated heterocycles. The van der Waals surface area contributed by atoms with E-state index in [1.807, 2.05) is 18.2 Å². The van der Waals surface area contributed by atoms with Crippen LogP contribution in [0.3, 0.4) is 0 Å². The minimum absolute atomic E-state index is 0.168. The Morgan fingerprint density at radius 2 is 2.28 bits per heavy atom. The first-order chi connectivity index (χ1) is 8.65. The Balaban J connectivity index is 2.70. The summed E-state index contributed by atoms with van der Waals surface area (Å²) >= 11 is 1.52. The van der Waals surface area contributed by atoms with E-state index in [0.29, 0.717) is 0 Å². The van der Waals surface area contributed by atoms with Gasteiger partial charge in [-0.05, 0) is 24.6 Å². The molecule has 0 spiro atoms. The van der Waals surface area contributed by atoms with E-state index in [0.717, 1.165) is 33.7 Å². The average molecular weight is 264 g/mol.